The molecule has 7 nitrogen and oxygen atoms in total. The van der Waals surface area contributed by atoms with Gasteiger partial charge >= 0.3 is 0 Å². The molecule has 2 amide bonds. The van der Waals surface area contributed by atoms with Crippen molar-refractivity contribution in [3.8, 4) is 0 Å². The Hall–Kier alpha value is -2.23. The average molecular weight is 450 g/mol. The second kappa shape index (κ2) is 9.28. The zero-order valence-corrected chi connectivity index (χ0v) is 19.1. The van der Waals surface area contributed by atoms with Crippen molar-refractivity contribution in [2.24, 2.45) is 0 Å². The standard InChI is InChI=1S/C21H27N3O4S2/c1-4-23(5-2)19(25)15-22(3)21(26)20-18(11-13-29-20)30(27,28)24-12-10-16-8-6-7-9-17(16)14-24/h6-9,11,13H,4-5,10,12,14-15H2,1-3H3. The first-order valence-corrected chi connectivity index (χ1v) is 12.3. The fraction of sp³-hybridized carbons (Fsp3) is 0.429. The molecule has 2 heterocycles. The summed E-state index contributed by atoms with van der Waals surface area (Å²) in [7, 11) is -2.30. The number of nitrogens with zero attached hydrogens (tertiary/aromatic N) is 3. The molecule has 0 fully saturated rings. The Morgan fingerprint density at radius 3 is 2.43 bits per heavy atom. The summed E-state index contributed by atoms with van der Waals surface area (Å²) in [5.41, 5.74) is 2.14. The lowest BCUT2D eigenvalue weighted by Crippen LogP contribution is -2.41. The first kappa shape index (κ1) is 22.5. The van der Waals surface area contributed by atoms with Crippen LogP contribution in [0, 0.1) is 0 Å². The molecule has 30 heavy (non-hydrogen) atoms. The van der Waals surface area contributed by atoms with Gasteiger partial charge in [0.2, 0.25) is 15.9 Å². The van der Waals surface area contributed by atoms with Crippen molar-refractivity contribution in [3.63, 3.8) is 0 Å². The Kier molecular flexibility index (Phi) is 6.95. The van der Waals surface area contributed by atoms with E-state index in [1.807, 2.05) is 38.1 Å². The van der Waals surface area contributed by atoms with Crippen LogP contribution in [0.25, 0.3) is 0 Å². The number of carbonyl (C=O) groups is 2. The Balaban J connectivity index is 1.80. The van der Waals surface area contributed by atoms with Gasteiger partial charge in [0.15, 0.2) is 0 Å². The number of amides is 2. The monoisotopic (exact) mass is 449 g/mol. The van der Waals surface area contributed by atoms with E-state index in [1.165, 1.54) is 22.3 Å². The molecule has 0 aliphatic carbocycles. The third-order valence-electron chi connectivity index (χ3n) is 5.37. The number of hydrogen-bond donors (Lipinski definition) is 0. The molecule has 3 rings (SSSR count). The second-order valence-electron chi connectivity index (χ2n) is 7.20. The molecule has 0 N–H and O–H groups in total. The van der Waals surface area contributed by atoms with Crippen LogP contribution < -0.4 is 0 Å². The van der Waals surface area contributed by atoms with E-state index < -0.39 is 15.9 Å². The zero-order chi connectivity index (χ0) is 21.9. The number of sulfonamides is 1. The number of benzene rings is 1. The van der Waals surface area contributed by atoms with Crippen molar-refractivity contribution in [1.29, 1.82) is 0 Å². The highest BCUT2D eigenvalue weighted by Gasteiger charge is 2.33. The minimum Gasteiger partial charge on any atom is -0.342 e. The summed E-state index contributed by atoms with van der Waals surface area (Å²) in [5.74, 6) is -0.619. The number of hydrogen-bond acceptors (Lipinski definition) is 5. The van der Waals surface area contributed by atoms with Crippen molar-refractivity contribution < 1.29 is 18.0 Å². The lowest BCUT2D eigenvalue weighted by atomic mass is 10.0. The molecule has 0 bridgehead atoms. The Labute approximate surface area is 182 Å². The third kappa shape index (κ3) is 4.43. The van der Waals surface area contributed by atoms with Gasteiger partial charge in [0.05, 0.1) is 6.54 Å². The van der Waals surface area contributed by atoms with Gasteiger partial charge in [0.1, 0.15) is 9.77 Å². The van der Waals surface area contributed by atoms with E-state index in [2.05, 4.69) is 0 Å². The van der Waals surface area contributed by atoms with Gasteiger partial charge in [-0.05, 0) is 42.8 Å². The van der Waals surface area contributed by atoms with Crippen LogP contribution in [0.2, 0.25) is 0 Å². The quantitative estimate of drug-likeness (QED) is 0.651. The van der Waals surface area contributed by atoms with Gasteiger partial charge < -0.3 is 9.80 Å². The molecule has 2 aromatic rings. The largest absolute Gasteiger partial charge is 0.342 e. The van der Waals surface area contributed by atoms with Gasteiger partial charge in [-0.15, -0.1) is 11.3 Å². The molecule has 0 spiro atoms. The maximum atomic E-state index is 13.3. The van der Waals surface area contributed by atoms with Crippen molar-refractivity contribution in [2.45, 2.75) is 31.7 Å². The fourth-order valence-corrected chi connectivity index (χ4v) is 6.40. The minimum absolute atomic E-state index is 0.0130. The topological polar surface area (TPSA) is 78.0 Å². The first-order chi connectivity index (χ1) is 14.3. The number of likely N-dealkylation sites (N-methyl/N-ethyl adjacent to an activating group) is 2. The molecule has 0 saturated heterocycles. The SMILES string of the molecule is CCN(CC)C(=O)CN(C)C(=O)c1sccc1S(=O)(=O)N1CCc2ccccc2C1. The van der Waals surface area contributed by atoms with E-state index in [0.29, 0.717) is 26.1 Å². The summed E-state index contributed by atoms with van der Waals surface area (Å²) in [5, 5.41) is 1.61. The van der Waals surface area contributed by atoms with E-state index in [9.17, 15) is 18.0 Å². The predicted octanol–water partition coefficient (Wildman–Crippen LogP) is 2.44. The summed E-state index contributed by atoms with van der Waals surface area (Å²) in [6.07, 6.45) is 0.640. The van der Waals surface area contributed by atoms with Crippen LogP contribution in [0.1, 0.15) is 34.6 Å². The normalized spacial score (nSPS) is 14.2. The average Bonchev–Trinajstić information content (AvgIpc) is 3.24. The second-order valence-corrected chi connectivity index (χ2v) is 10.0. The van der Waals surface area contributed by atoms with Gasteiger partial charge in [0.25, 0.3) is 5.91 Å². The lowest BCUT2D eigenvalue weighted by Gasteiger charge is -2.28. The number of rotatable bonds is 7. The molecule has 9 heteroatoms. The Morgan fingerprint density at radius 1 is 1.10 bits per heavy atom. The lowest BCUT2D eigenvalue weighted by molar-refractivity contribution is -0.131. The van der Waals surface area contributed by atoms with Crippen LogP contribution in [0.4, 0.5) is 0 Å². The zero-order valence-electron chi connectivity index (χ0n) is 17.5. The highest BCUT2D eigenvalue weighted by atomic mass is 32.2. The molecule has 1 aliphatic rings. The van der Waals surface area contributed by atoms with E-state index >= 15 is 0 Å². The van der Waals surface area contributed by atoms with Crippen LogP contribution in [0.3, 0.4) is 0 Å². The van der Waals surface area contributed by atoms with E-state index in [-0.39, 0.29) is 28.8 Å². The predicted molar refractivity (Wildman–Crippen MR) is 117 cm³/mol. The van der Waals surface area contributed by atoms with Gasteiger partial charge in [-0.3, -0.25) is 9.59 Å². The summed E-state index contributed by atoms with van der Waals surface area (Å²) in [6, 6.07) is 9.28. The Morgan fingerprint density at radius 2 is 1.77 bits per heavy atom. The highest BCUT2D eigenvalue weighted by molar-refractivity contribution is 7.89. The van der Waals surface area contributed by atoms with Crippen molar-refractivity contribution in [2.75, 3.05) is 33.2 Å². The molecular formula is C21H27N3O4S2. The molecule has 1 aliphatic heterocycles. The molecule has 0 unspecified atom stereocenters. The molecule has 1 aromatic heterocycles. The van der Waals surface area contributed by atoms with Crippen LogP contribution in [0.15, 0.2) is 40.6 Å². The van der Waals surface area contributed by atoms with Crippen LogP contribution >= 0.6 is 11.3 Å². The van der Waals surface area contributed by atoms with Crippen molar-refractivity contribution >= 4 is 33.2 Å². The smallest absolute Gasteiger partial charge is 0.265 e. The summed E-state index contributed by atoms with van der Waals surface area (Å²) in [4.78, 5) is 28.4. The molecule has 1 aromatic carbocycles. The van der Waals surface area contributed by atoms with Gasteiger partial charge in [0, 0.05) is 33.2 Å². The van der Waals surface area contributed by atoms with Crippen LogP contribution in [-0.2, 0) is 27.8 Å². The summed E-state index contributed by atoms with van der Waals surface area (Å²) >= 11 is 1.09. The van der Waals surface area contributed by atoms with E-state index in [4.69, 9.17) is 0 Å². The maximum absolute atomic E-state index is 13.3. The summed E-state index contributed by atoms with van der Waals surface area (Å²) < 4.78 is 28.1. The summed E-state index contributed by atoms with van der Waals surface area (Å²) in [6.45, 7) is 5.46. The van der Waals surface area contributed by atoms with Gasteiger partial charge in [-0.2, -0.15) is 4.31 Å². The van der Waals surface area contributed by atoms with Gasteiger partial charge in [-0.1, -0.05) is 24.3 Å². The molecule has 0 radical (unpaired) electrons. The molecule has 162 valence electrons. The minimum atomic E-state index is -3.82. The number of carbonyl (C=O) groups excluding carboxylic acids is 2. The molecular weight excluding hydrogens is 422 g/mol. The van der Waals surface area contributed by atoms with E-state index in [0.717, 1.165) is 22.5 Å². The third-order valence-corrected chi connectivity index (χ3v) is 8.29. The number of thiophene rings is 1. The van der Waals surface area contributed by atoms with Crippen LogP contribution in [-0.4, -0.2) is 67.6 Å². The molecule has 0 atom stereocenters. The maximum Gasteiger partial charge on any atom is 0.265 e. The van der Waals surface area contributed by atoms with Gasteiger partial charge in [-0.25, -0.2) is 8.42 Å². The number of fused-ring (bicyclic) bond motifs is 1. The van der Waals surface area contributed by atoms with Crippen molar-refractivity contribution in [1.82, 2.24) is 14.1 Å². The molecule has 0 saturated carbocycles. The van der Waals surface area contributed by atoms with Crippen LogP contribution in [0.5, 0.6) is 0 Å². The van der Waals surface area contributed by atoms with E-state index in [1.54, 1.807) is 10.3 Å². The van der Waals surface area contributed by atoms with Crippen molar-refractivity contribution in [3.05, 3.63) is 51.7 Å². The fourth-order valence-electron chi connectivity index (χ4n) is 3.59. The highest BCUT2D eigenvalue weighted by Crippen LogP contribution is 2.30. The Bertz CT molecular complexity index is 1030. The first-order valence-electron chi connectivity index (χ1n) is 9.97.